The number of ether oxygens (including phenoxy) is 3. The zero-order valence-electron chi connectivity index (χ0n) is 17.5. The minimum absolute atomic E-state index is 0.248. The highest BCUT2D eigenvalue weighted by molar-refractivity contribution is 6.02. The van der Waals surface area contributed by atoms with Crippen LogP contribution in [-0.2, 0) is 20.9 Å². The molecule has 0 radical (unpaired) electrons. The van der Waals surface area contributed by atoms with Gasteiger partial charge in [-0.05, 0) is 50.6 Å². The third-order valence-electron chi connectivity index (χ3n) is 4.20. The molecule has 8 nitrogen and oxygen atoms in total. The molecule has 0 aromatic heterocycles. The van der Waals surface area contributed by atoms with Crippen LogP contribution >= 0.6 is 0 Å². The number of amides is 3. The van der Waals surface area contributed by atoms with E-state index in [-0.39, 0.29) is 12.2 Å². The summed E-state index contributed by atoms with van der Waals surface area (Å²) in [5, 5.41) is 4.72. The second kappa shape index (κ2) is 11.0. The van der Waals surface area contributed by atoms with E-state index >= 15 is 0 Å². The van der Waals surface area contributed by atoms with Crippen LogP contribution in [0.25, 0.3) is 0 Å². The number of urea groups is 1. The molecule has 0 saturated heterocycles. The van der Waals surface area contributed by atoms with Crippen LogP contribution in [0.3, 0.4) is 0 Å². The number of esters is 1. The van der Waals surface area contributed by atoms with Crippen molar-refractivity contribution in [3.8, 4) is 5.75 Å². The topological polar surface area (TPSA) is 103 Å². The van der Waals surface area contributed by atoms with Gasteiger partial charge >= 0.3 is 12.0 Å². The molecular formula is C22H26N2O6. The van der Waals surface area contributed by atoms with Crippen LogP contribution in [0.1, 0.15) is 34.0 Å². The van der Waals surface area contributed by atoms with Gasteiger partial charge in [0.15, 0.2) is 6.61 Å². The Hall–Kier alpha value is -3.39. The average Bonchev–Trinajstić information content (AvgIpc) is 2.72. The molecule has 0 unspecified atom stereocenters. The maximum atomic E-state index is 12.2. The van der Waals surface area contributed by atoms with Crippen molar-refractivity contribution in [2.24, 2.45) is 0 Å². The third kappa shape index (κ3) is 6.59. The van der Waals surface area contributed by atoms with Crippen molar-refractivity contribution in [2.75, 3.05) is 25.6 Å². The van der Waals surface area contributed by atoms with E-state index in [1.54, 1.807) is 18.2 Å². The van der Waals surface area contributed by atoms with Gasteiger partial charge in [-0.1, -0.05) is 17.7 Å². The van der Waals surface area contributed by atoms with Gasteiger partial charge in [-0.3, -0.25) is 10.1 Å². The minimum atomic E-state index is -0.742. The van der Waals surface area contributed by atoms with Gasteiger partial charge in [0, 0.05) is 17.9 Å². The summed E-state index contributed by atoms with van der Waals surface area (Å²) in [4.78, 5) is 36.2. The average molecular weight is 414 g/mol. The van der Waals surface area contributed by atoms with Gasteiger partial charge in [-0.25, -0.2) is 9.59 Å². The number of carbonyl (C=O) groups is 3. The Balaban J connectivity index is 1.89. The lowest BCUT2D eigenvalue weighted by molar-refractivity contribution is -0.123. The molecule has 0 spiro atoms. The van der Waals surface area contributed by atoms with Gasteiger partial charge in [-0.15, -0.1) is 0 Å². The standard InChI is InChI=1S/C22H26N2O6/c1-5-29-12-17-11-16(7-9-19(17)28-4)21(26)30-13-20(25)24-22(27)23-18-8-6-14(2)10-15(18)3/h6-11H,5,12-13H2,1-4H3,(H2,23,24,25,27). The summed E-state index contributed by atoms with van der Waals surface area (Å²) >= 11 is 0. The first-order valence-corrected chi connectivity index (χ1v) is 9.44. The van der Waals surface area contributed by atoms with Crippen molar-refractivity contribution in [3.63, 3.8) is 0 Å². The Morgan fingerprint density at radius 2 is 1.80 bits per heavy atom. The maximum absolute atomic E-state index is 12.2. The summed E-state index contributed by atoms with van der Waals surface area (Å²) in [6.45, 7) is 5.85. The molecular weight excluding hydrogens is 388 g/mol. The van der Waals surface area contributed by atoms with E-state index in [0.29, 0.717) is 23.6 Å². The first-order valence-electron chi connectivity index (χ1n) is 9.44. The molecule has 2 aromatic carbocycles. The number of anilines is 1. The number of hydrogen-bond acceptors (Lipinski definition) is 6. The lowest BCUT2D eigenvalue weighted by Gasteiger charge is -2.11. The van der Waals surface area contributed by atoms with E-state index in [1.807, 2.05) is 32.9 Å². The van der Waals surface area contributed by atoms with Crippen molar-refractivity contribution in [2.45, 2.75) is 27.4 Å². The molecule has 0 fully saturated rings. The predicted octanol–water partition coefficient (Wildman–Crippen LogP) is 3.35. The van der Waals surface area contributed by atoms with Crippen molar-refractivity contribution >= 4 is 23.6 Å². The fraction of sp³-hybridized carbons (Fsp3) is 0.318. The lowest BCUT2D eigenvalue weighted by Crippen LogP contribution is -2.37. The zero-order chi connectivity index (χ0) is 22.1. The Kier molecular flexibility index (Phi) is 8.37. The fourth-order valence-electron chi connectivity index (χ4n) is 2.71. The van der Waals surface area contributed by atoms with Crippen molar-refractivity contribution in [1.82, 2.24) is 5.32 Å². The molecule has 0 heterocycles. The number of rotatable bonds is 8. The smallest absolute Gasteiger partial charge is 0.338 e. The Morgan fingerprint density at radius 1 is 1.03 bits per heavy atom. The van der Waals surface area contributed by atoms with Crippen molar-refractivity contribution in [1.29, 1.82) is 0 Å². The van der Waals surface area contributed by atoms with E-state index in [9.17, 15) is 14.4 Å². The van der Waals surface area contributed by atoms with Crippen molar-refractivity contribution < 1.29 is 28.6 Å². The first-order chi connectivity index (χ1) is 14.3. The van der Waals surface area contributed by atoms with Crippen LogP contribution in [0, 0.1) is 13.8 Å². The second-order valence-electron chi connectivity index (χ2n) is 6.56. The number of benzene rings is 2. The zero-order valence-corrected chi connectivity index (χ0v) is 17.5. The highest BCUT2D eigenvalue weighted by Crippen LogP contribution is 2.21. The molecule has 2 aromatic rings. The van der Waals surface area contributed by atoms with Crippen LogP contribution in [0.15, 0.2) is 36.4 Å². The number of hydrogen-bond donors (Lipinski definition) is 2. The fourth-order valence-corrected chi connectivity index (χ4v) is 2.71. The van der Waals surface area contributed by atoms with Gasteiger partial charge < -0.3 is 19.5 Å². The van der Waals surface area contributed by atoms with Gasteiger partial charge in [-0.2, -0.15) is 0 Å². The van der Waals surface area contributed by atoms with E-state index in [4.69, 9.17) is 14.2 Å². The van der Waals surface area contributed by atoms with E-state index < -0.39 is 24.5 Å². The van der Waals surface area contributed by atoms with E-state index in [0.717, 1.165) is 11.1 Å². The molecule has 2 rings (SSSR count). The Morgan fingerprint density at radius 3 is 2.47 bits per heavy atom. The largest absolute Gasteiger partial charge is 0.496 e. The molecule has 160 valence electrons. The monoisotopic (exact) mass is 414 g/mol. The van der Waals surface area contributed by atoms with Crippen LogP contribution < -0.4 is 15.4 Å². The summed E-state index contributed by atoms with van der Waals surface area (Å²) in [5.41, 5.74) is 3.45. The van der Waals surface area contributed by atoms with Crippen molar-refractivity contribution in [3.05, 3.63) is 58.7 Å². The summed E-state index contributed by atoms with van der Waals surface area (Å²) in [7, 11) is 1.52. The van der Waals surface area contributed by atoms with Gasteiger partial charge in [0.25, 0.3) is 5.91 Å². The van der Waals surface area contributed by atoms with Gasteiger partial charge in [0.1, 0.15) is 5.75 Å². The molecule has 0 aliphatic rings. The second-order valence-corrected chi connectivity index (χ2v) is 6.56. The molecule has 3 amide bonds. The summed E-state index contributed by atoms with van der Waals surface area (Å²) in [6, 6.07) is 9.55. The normalized spacial score (nSPS) is 10.3. The summed E-state index contributed by atoms with van der Waals surface area (Å²) in [6.07, 6.45) is 0. The number of aryl methyl sites for hydroxylation is 2. The summed E-state index contributed by atoms with van der Waals surface area (Å²) < 4.78 is 15.6. The first kappa shape index (κ1) is 22.9. The quantitative estimate of drug-likeness (QED) is 0.642. The molecule has 8 heteroatoms. The molecule has 0 saturated carbocycles. The minimum Gasteiger partial charge on any atom is -0.496 e. The molecule has 0 aliphatic carbocycles. The molecule has 0 bridgehead atoms. The molecule has 2 N–H and O–H groups in total. The number of nitrogens with one attached hydrogen (secondary N) is 2. The Bertz CT molecular complexity index is 926. The van der Waals surface area contributed by atoms with Crippen LogP contribution in [-0.4, -0.2) is 38.2 Å². The lowest BCUT2D eigenvalue weighted by atomic mass is 10.1. The van der Waals surface area contributed by atoms with E-state index in [1.165, 1.54) is 13.2 Å². The van der Waals surface area contributed by atoms with Crippen LogP contribution in [0.4, 0.5) is 10.5 Å². The Labute approximate surface area is 175 Å². The highest BCUT2D eigenvalue weighted by atomic mass is 16.5. The molecule has 0 atom stereocenters. The van der Waals surface area contributed by atoms with E-state index in [2.05, 4.69) is 10.6 Å². The predicted molar refractivity (Wildman–Crippen MR) is 112 cm³/mol. The molecule has 0 aliphatic heterocycles. The maximum Gasteiger partial charge on any atom is 0.338 e. The number of imide groups is 1. The van der Waals surface area contributed by atoms with Gasteiger partial charge in [0.2, 0.25) is 0 Å². The SMILES string of the molecule is CCOCc1cc(C(=O)OCC(=O)NC(=O)Nc2ccc(C)cc2C)ccc1OC. The molecule has 30 heavy (non-hydrogen) atoms. The van der Waals surface area contributed by atoms with Crippen LogP contribution in [0.5, 0.6) is 5.75 Å². The number of carbonyl (C=O) groups excluding carboxylic acids is 3. The number of methoxy groups -OCH3 is 1. The third-order valence-corrected chi connectivity index (χ3v) is 4.20. The van der Waals surface area contributed by atoms with Gasteiger partial charge in [0.05, 0.1) is 19.3 Å². The van der Waals surface area contributed by atoms with Crippen LogP contribution in [0.2, 0.25) is 0 Å². The summed E-state index contributed by atoms with van der Waals surface area (Å²) in [5.74, 6) is -0.852. The highest BCUT2D eigenvalue weighted by Gasteiger charge is 2.15.